The van der Waals surface area contributed by atoms with Gasteiger partial charge in [-0.25, -0.2) is 8.42 Å². The van der Waals surface area contributed by atoms with Gasteiger partial charge >= 0.3 is 6.18 Å². The molecule has 0 aromatic heterocycles. The molecule has 0 bridgehead atoms. The number of halogens is 3. The van der Waals surface area contributed by atoms with Gasteiger partial charge in [0.25, 0.3) is 0 Å². The largest absolute Gasteiger partial charge is 0.416 e. The third kappa shape index (κ3) is 7.96. The molecule has 0 aliphatic heterocycles. The standard InChI is InChI=1S/C27H34F3N3O4S/c1-19-12-14-21(15-13-19)17-32(20(2)26(35)31-23-9-5-4-6-10-23)25(34)18-33(38(3,36)37)24-11-7-8-22(16-24)27(28,29)30/h7-8,11-16,20,23H,4-6,9-10,17-18H2,1-3H3,(H,31,35). The number of alkyl halides is 3. The van der Waals surface area contributed by atoms with E-state index in [1.807, 2.05) is 31.2 Å². The molecule has 1 aliphatic carbocycles. The van der Waals surface area contributed by atoms with Crippen LogP contribution < -0.4 is 9.62 Å². The van der Waals surface area contributed by atoms with E-state index in [2.05, 4.69) is 5.32 Å². The van der Waals surface area contributed by atoms with Crippen molar-refractivity contribution >= 4 is 27.5 Å². The van der Waals surface area contributed by atoms with Gasteiger partial charge in [-0.15, -0.1) is 0 Å². The second-order valence-corrected chi connectivity index (χ2v) is 11.8. The van der Waals surface area contributed by atoms with E-state index < -0.39 is 40.3 Å². The van der Waals surface area contributed by atoms with E-state index in [4.69, 9.17) is 0 Å². The van der Waals surface area contributed by atoms with Crippen LogP contribution in [0.4, 0.5) is 18.9 Å². The van der Waals surface area contributed by atoms with Crippen molar-refractivity contribution in [1.29, 1.82) is 0 Å². The Labute approximate surface area is 222 Å². The maximum absolute atomic E-state index is 13.6. The number of hydrogen-bond acceptors (Lipinski definition) is 4. The molecule has 3 rings (SSSR count). The topological polar surface area (TPSA) is 86.8 Å². The van der Waals surface area contributed by atoms with E-state index in [1.165, 1.54) is 11.0 Å². The molecular weight excluding hydrogens is 519 g/mol. The van der Waals surface area contributed by atoms with Crippen molar-refractivity contribution in [3.8, 4) is 0 Å². The lowest BCUT2D eigenvalue weighted by molar-refractivity contribution is -0.139. The molecule has 7 nitrogen and oxygen atoms in total. The minimum absolute atomic E-state index is 0.00709. The van der Waals surface area contributed by atoms with Crippen LogP contribution in [-0.2, 0) is 32.3 Å². The van der Waals surface area contributed by atoms with Crippen molar-refractivity contribution in [3.63, 3.8) is 0 Å². The first-order valence-electron chi connectivity index (χ1n) is 12.6. The van der Waals surface area contributed by atoms with E-state index >= 15 is 0 Å². The number of aryl methyl sites for hydroxylation is 1. The van der Waals surface area contributed by atoms with Crippen molar-refractivity contribution < 1.29 is 31.2 Å². The molecule has 2 amide bonds. The normalized spacial score (nSPS) is 15.5. The summed E-state index contributed by atoms with van der Waals surface area (Å²) < 4.78 is 65.7. The van der Waals surface area contributed by atoms with Gasteiger partial charge in [-0.2, -0.15) is 13.2 Å². The summed E-state index contributed by atoms with van der Waals surface area (Å²) in [7, 11) is -4.14. The Bertz CT molecular complexity index is 1230. The smallest absolute Gasteiger partial charge is 0.352 e. The molecular formula is C27H34F3N3O4S. The average molecular weight is 554 g/mol. The summed E-state index contributed by atoms with van der Waals surface area (Å²) in [5, 5.41) is 3.00. The molecule has 0 heterocycles. The SMILES string of the molecule is Cc1ccc(CN(C(=O)CN(c2cccc(C(F)(F)F)c2)S(C)(=O)=O)C(C)C(=O)NC2CCCCC2)cc1. The molecule has 1 aliphatic rings. The maximum atomic E-state index is 13.6. The monoisotopic (exact) mass is 553 g/mol. The fourth-order valence-electron chi connectivity index (χ4n) is 4.49. The lowest BCUT2D eigenvalue weighted by atomic mass is 9.95. The summed E-state index contributed by atoms with van der Waals surface area (Å²) in [6, 6.07) is 10.2. The highest BCUT2D eigenvalue weighted by molar-refractivity contribution is 7.92. The lowest BCUT2D eigenvalue weighted by Crippen LogP contribution is -2.53. The molecule has 2 aromatic rings. The lowest BCUT2D eigenvalue weighted by Gasteiger charge is -2.33. The van der Waals surface area contributed by atoms with Crippen LogP contribution in [0.5, 0.6) is 0 Å². The van der Waals surface area contributed by atoms with Crippen LogP contribution in [0.15, 0.2) is 48.5 Å². The number of carbonyl (C=O) groups excluding carboxylic acids is 2. The number of nitrogens with zero attached hydrogens (tertiary/aromatic N) is 2. The van der Waals surface area contributed by atoms with Gasteiger partial charge in [-0.1, -0.05) is 55.2 Å². The Hall–Kier alpha value is -3.08. The highest BCUT2D eigenvalue weighted by Crippen LogP contribution is 2.32. The highest BCUT2D eigenvalue weighted by Gasteiger charge is 2.34. The predicted molar refractivity (Wildman–Crippen MR) is 140 cm³/mol. The van der Waals surface area contributed by atoms with Crippen LogP contribution in [0, 0.1) is 6.92 Å². The van der Waals surface area contributed by atoms with Crippen molar-refractivity contribution in [2.75, 3.05) is 17.1 Å². The molecule has 0 saturated heterocycles. The summed E-state index contributed by atoms with van der Waals surface area (Å²) in [5.41, 5.74) is 0.409. The first-order valence-corrected chi connectivity index (χ1v) is 14.4. The Morgan fingerprint density at radius 3 is 2.26 bits per heavy atom. The zero-order valence-corrected chi connectivity index (χ0v) is 22.6. The van der Waals surface area contributed by atoms with Crippen LogP contribution in [0.3, 0.4) is 0 Å². The minimum atomic E-state index is -4.69. The van der Waals surface area contributed by atoms with Crippen molar-refractivity contribution in [2.24, 2.45) is 0 Å². The molecule has 1 N–H and O–H groups in total. The predicted octanol–water partition coefficient (Wildman–Crippen LogP) is 4.65. The van der Waals surface area contributed by atoms with Crippen LogP contribution in [0.2, 0.25) is 0 Å². The number of rotatable bonds is 9. The zero-order valence-electron chi connectivity index (χ0n) is 21.8. The van der Waals surface area contributed by atoms with Crippen molar-refractivity contribution in [1.82, 2.24) is 10.2 Å². The van der Waals surface area contributed by atoms with Gasteiger partial charge in [0.1, 0.15) is 12.6 Å². The van der Waals surface area contributed by atoms with E-state index in [1.54, 1.807) is 6.92 Å². The molecule has 208 valence electrons. The van der Waals surface area contributed by atoms with Gasteiger partial charge in [0, 0.05) is 12.6 Å². The second-order valence-electron chi connectivity index (χ2n) is 9.84. The van der Waals surface area contributed by atoms with Gasteiger partial charge in [-0.05, 0) is 50.5 Å². The highest BCUT2D eigenvalue weighted by atomic mass is 32.2. The van der Waals surface area contributed by atoms with Gasteiger partial charge in [0.2, 0.25) is 21.8 Å². The molecule has 38 heavy (non-hydrogen) atoms. The summed E-state index contributed by atoms with van der Waals surface area (Å²) >= 11 is 0. The molecule has 0 spiro atoms. The van der Waals surface area contributed by atoms with E-state index in [9.17, 15) is 31.2 Å². The molecule has 11 heteroatoms. The van der Waals surface area contributed by atoms with Gasteiger partial charge in [0.05, 0.1) is 17.5 Å². The second kappa shape index (κ2) is 12.2. The number of nitrogens with one attached hydrogen (secondary N) is 1. The third-order valence-electron chi connectivity index (χ3n) is 6.73. The van der Waals surface area contributed by atoms with E-state index in [0.717, 1.165) is 61.6 Å². The van der Waals surface area contributed by atoms with Crippen LogP contribution in [-0.4, -0.2) is 50.0 Å². The van der Waals surface area contributed by atoms with Crippen LogP contribution >= 0.6 is 0 Å². The number of carbonyl (C=O) groups is 2. The molecule has 1 fully saturated rings. The first-order chi connectivity index (χ1) is 17.8. The number of sulfonamides is 1. The maximum Gasteiger partial charge on any atom is 0.416 e. The Balaban J connectivity index is 1.90. The summed E-state index contributed by atoms with van der Waals surface area (Å²) in [4.78, 5) is 28.0. The fraction of sp³-hybridized carbons (Fsp3) is 0.481. The van der Waals surface area contributed by atoms with Crippen LogP contribution in [0.25, 0.3) is 0 Å². The average Bonchev–Trinajstić information content (AvgIpc) is 2.86. The quantitative estimate of drug-likeness (QED) is 0.490. The number of amides is 2. The summed E-state index contributed by atoms with van der Waals surface area (Å²) in [6.45, 7) is 2.75. The Morgan fingerprint density at radius 2 is 1.68 bits per heavy atom. The van der Waals surface area contributed by atoms with E-state index in [-0.39, 0.29) is 24.2 Å². The minimum Gasteiger partial charge on any atom is -0.352 e. The van der Waals surface area contributed by atoms with Crippen molar-refractivity contribution in [2.45, 2.75) is 70.8 Å². The fourth-order valence-corrected chi connectivity index (χ4v) is 5.33. The van der Waals surface area contributed by atoms with Crippen molar-refractivity contribution in [3.05, 3.63) is 65.2 Å². The molecule has 1 saturated carbocycles. The third-order valence-corrected chi connectivity index (χ3v) is 7.87. The Kier molecular flexibility index (Phi) is 9.45. The summed E-state index contributed by atoms with van der Waals surface area (Å²) in [6.07, 6.45) is 0.952. The number of benzene rings is 2. The van der Waals surface area contributed by atoms with Gasteiger partial charge in [0.15, 0.2) is 0 Å². The Morgan fingerprint density at radius 1 is 1.05 bits per heavy atom. The first kappa shape index (κ1) is 29.5. The molecule has 0 radical (unpaired) electrons. The molecule has 2 aromatic carbocycles. The summed E-state index contributed by atoms with van der Waals surface area (Å²) in [5.74, 6) is -1.07. The van der Waals surface area contributed by atoms with E-state index in [0.29, 0.717) is 10.4 Å². The number of hydrogen-bond donors (Lipinski definition) is 1. The molecule has 1 atom stereocenters. The van der Waals surface area contributed by atoms with Crippen LogP contribution in [0.1, 0.15) is 55.7 Å². The van der Waals surface area contributed by atoms with Gasteiger partial charge < -0.3 is 10.2 Å². The molecule has 1 unspecified atom stereocenters. The number of anilines is 1. The van der Waals surface area contributed by atoms with Gasteiger partial charge in [-0.3, -0.25) is 13.9 Å². The zero-order chi connectivity index (χ0) is 28.1.